The normalized spacial score (nSPS) is 10.9. The Morgan fingerprint density at radius 2 is 2.18 bits per heavy atom. The first-order valence-electron chi connectivity index (χ1n) is 5.73. The molecule has 1 heterocycles. The number of ether oxygens (including phenoxy) is 1. The number of thiazole rings is 1. The second-order valence-corrected chi connectivity index (χ2v) is 5.29. The molecule has 0 aliphatic carbocycles. The molecule has 1 aromatic rings. The monoisotopic (exact) mass is 256 g/mol. The Bertz CT molecular complexity index is 388. The van der Waals surface area contributed by atoms with Gasteiger partial charge in [-0.25, -0.2) is 4.98 Å². The molecule has 17 heavy (non-hydrogen) atoms. The maximum absolute atomic E-state index is 11.3. The van der Waals surface area contributed by atoms with Gasteiger partial charge in [0.25, 0.3) is 0 Å². The number of nitrogens with zero attached hydrogens (tertiary/aromatic N) is 2. The van der Waals surface area contributed by atoms with E-state index >= 15 is 0 Å². The highest BCUT2D eigenvalue weighted by Crippen LogP contribution is 2.25. The number of likely N-dealkylation sites (N-methyl/N-ethyl adjacent to an activating group) is 1. The van der Waals surface area contributed by atoms with Crippen molar-refractivity contribution in [1.82, 2.24) is 4.98 Å². The predicted octanol–water partition coefficient (Wildman–Crippen LogP) is 2.52. The van der Waals surface area contributed by atoms with Gasteiger partial charge in [0.2, 0.25) is 0 Å². The molecule has 4 nitrogen and oxygen atoms in total. The van der Waals surface area contributed by atoms with Gasteiger partial charge in [-0.1, -0.05) is 11.3 Å². The molecule has 1 rings (SSSR count). The summed E-state index contributed by atoms with van der Waals surface area (Å²) in [7, 11) is 1.96. The van der Waals surface area contributed by atoms with Crippen LogP contribution in [0.2, 0.25) is 0 Å². The first-order chi connectivity index (χ1) is 7.91. The van der Waals surface area contributed by atoms with Gasteiger partial charge in [0.1, 0.15) is 0 Å². The van der Waals surface area contributed by atoms with Gasteiger partial charge in [0, 0.05) is 20.5 Å². The van der Waals surface area contributed by atoms with Gasteiger partial charge in [-0.3, -0.25) is 4.79 Å². The van der Waals surface area contributed by atoms with Crippen LogP contribution in [0.3, 0.4) is 0 Å². The summed E-state index contributed by atoms with van der Waals surface area (Å²) >= 11 is 1.44. The molecule has 0 saturated carbocycles. The second kappa shape index (κ2) is 6.12. The van der Waals surface area contributed by atoms with Crippen molar-refractivity contribution in [3.8, 4) is 0 Å². The Balaban J connectivity index is 2.60. The fourth-order valence-corrected chi connectivity index (χ4v) is 2.34. The van der Waals surface area contributed by atoms with Crippen LogP contribution in [-0.4, -0.2) is 37.1 Å². The number of Topliss-reactive ketones (excluding diaryl/α,β-unsaturated/α-hetero) is 1. The van der Waals surface area contributed by atoms with E-state index in [-0.39, 0.29) is 11.9 Å². The van der Waals surface area contributed by atoms with E-state index in [9.17, 15) is 4.79 Å². The van der Waals surface area contributed by atoms with Crippen LogP contribution in [0.4, 0.5) is 5.13 Å². The third kappa shape index (κ3) is 4.09. The first-order valence-corrected chi connectivity index (χ1v) is 6.54. The molecular formula is C12H20N2O2S. The maximum Gasteiger partial charge on any atom is 0.186 e. The van der Waals surface area contributed by atoms with Crippen molar-refractivity contribution in [3.05, 3.63) is 10.6 Å². The molecule has 0 amide bonds. The zero-order valence-electron chi connectivity index (χ0n) is 11.1. The van der Waals surface area contributed by atoms with E-state index in [4.69, 9.17) is 4.74 Å². The molecule has 0 N–H and O–H groups in total. The van der Waals surface area contributed by atoms with Crippen molar-refractivity contribution in [2.75, 3.05) is 25.1 Å². The number of hydrogen-bond donors (Lipinski definition) is 0. The number of carbonyl (C=O) groups is 1. The molecule has 0 bridgehead atoms. The van der Waals surface area contributed by atoms with Crippen LogP contribution in [0.15, 0.2) is 0 Å². The van der Waals surface area contributed by atoms with Crippen molar-refractivity contribution in [1.29, 1.82) is 0 Å². The number of aromatic nitrogens is 1. The number of aryl methyl sites for hydroxylation is 1. The summed E-state index contributed by atoms with van der Waals surface area (Å²) in [5.41, 5.74) is 0.814. The van der Waals surface area contributed by atoms with Crippen molar-refractivity contribution >= 4 is 22.3 Å². The average molecular weight is 256 g/mol. The highest BCUT2D eigenvalue weighted by Gasteiger charge is 2.14. The molecule has 1 aromatic heterocycles. The molecule has 0 fully saturated rings. The minimum absolute atomic E-state index is 0.0816. The van der Waals surface area contributed by atoms with E-state index in [1.807, 2.05) is 32.7 Å². The van der Waals surface area contributed by atoms with Crippen LogP contribution >= 0.6 is 11.3 Å². The fraction of sp³-hybridized carbons (Fsp3) is 0.667. The van der Waals surface area contributed by atoms with E-state index in [1.165, 1.54) is 11.3 Å². The quantitative estimate of drug-likeness (QED) is 0.733. The smallest absolute Gasteiger partial charge is 0.186 e. The molecule has 0 aliphatic heterocycles. The minimum atomic E-state index is 0.0816. The SMILES string of the molecule is CC(=O)c1sc(N(C)CCOC(C)C)nc1C. The summed E-state index contributed by atoms with van der Waals surface area (Å²) in [5, 5.41) is 0.875. The van der Waals surface area contributed by atoms with Crippen LogP contribution in [0, 0.1) is 6.92 Å². The van der Waals surface area contributed by atoms with Gasteiger partial charge in [0.15, 0.2) is 10.9 Å². The van der Waals surface area contributed by atoms with Crippen LogP contribution in [0.25, 0.3) is 0 Å². The minimum Gasteiger partial charge on any atom is -0.377 e. The Kier molecular flexibility index (Phi) is 5.08. The second-order valence-electron chi connectivity index (χ2n) is 4.31. The van der Waals surface area contributed by atoms with Crippen LogP contribution in [0.1, 0.15) is 36.1 Å². The number of rotatable bonds is 6. The van der Waals surface area contributed by atoms with E-state index in [1.54, 1.807) is 6.92 Å². The summed E-state index contributed by atoms with van der Waals surface area (Å²) in [6.45, 7) is 8.93. The topological polar surface area (TPSA) is 42.4 Å². The first kappa shape index (κ1) is 14.1. The molecular weight excluding hydrogens is 236 g/mol. The standard InChI is InChI=1S/C12H20N2O2S/c1-8(2)16-7-6-14(5)12-13-9(3)11(17-12)10(4)15/h8H,6-7H2,1-5H3. The number of anilines is 1. The molecule has 0 aliphatic rings. The van der Waals surface area contributed by atoms with Crippen LogP contribution < -0.4 is 4.90 Å². The molecule has 0 radical (unpaired) electrons. The van der Waals surface area contributed by atoms with E-state index < -0.39 is 0 Å². The lowest BCUT2D eigenvalue weighted by Gasteiger charge is -2.16. The lowest BCUT2D eigenvalue weighted by Crippen LogP contribution is -2.23. The zero-order chi connectivity index (χ0) is 13.0. The molecule has 0 atom stereocenters. The average Bonchev–Trinajstić information content (AvgIpc) is 2.59. The van der Waals surface area contributed by atoms with Crippen molar-refractivity contribution < 1.29 is 9.53 Å². The molecule has 5 heteroatoms. The largest absolute Gasteiger partial charge is 0.377 e. The molecule has 0 saturated heterocycles. The lowest BCUT2D eigenvalue weighted by atomic mass is 10.3. The van der Waals surface area contributed by atoms with Crippen molar-refractivity contribution in [3.63, 3.8) is 0 Å². The van der Waals surface area contributed by atoms with Gasteiger partial charge >= 0.3 is 0 Å². The number of ketones is 1. The Hall–Kier alpha value is -0.940. The Labute approximate surface area is 107 Å². The summed E-state index contributed by atoms with van der Waals surface area (Å²) in [6, 6.07) is 0. The van der Waals surface area contributed by atoms with Crippen molar-refractivity contribution in [2.45, 2.75) is 33.8 Å². The van der Waals surface area contributed by atoms with Crippen LogP contribution in [0.5, 0.6) is 0 Å². The summed E-state index contributed by atoms with van der Waals surface area (Å²) < 4.78 is 5.49. The third-order valence-corrected chi connectivity index (χ3v) is 3.68. The molecule has 0 unspecified atom stereocenters. The lowest BCUT2D eigenvalue weighted by molar-refractivity contribution is 0.0846. The van der Waals surface area contributed by atoms with Gasteiger partial charge in [-0.15, -0.1) is 0 Å². The summed E-state index contributed by atoms with van der Waals surface area (Å²) in [4.78, 5) is 18.5. The van der Waals surface area contributed by atoms with Crippen molar-refractivity contribution in [2.24, 2.45) is 0 Å². The number of hydrogen-bond acceptors (Lipinski definition) is 5. The van der Waals surface area contributed by atoms with Gasteiger partial charge < -0.3 is 9.64 Å². The van der Waals surface area contributed by atoms with Gasteiger partial charge in [-0.05, 0) is 20.8 Å². The third-order valence-electron chi connectivity index (χ3n) is 2.31. The van der Waals surface area contributed by atoms with Crippen LogP contribution in [-0.2, 0) is 4.74 Å². The molecule has 96 valence electrons. The maximum atomic E-state index is 11.3. The zero-order valence-corrected chi connectivity index (χ0v) is 11.9. The fourth-order valence-electron chi connectivity index (χ4n) is 1.39. The number of carbonyl (C=O) groups excluding carboxylic acids is 1. The van der Waals surface area contributed by atoms with Gasteiger partial charge in [0.05, 0.1) is 23.3 Å². The molecule has 0 spiro atoms. The predicted molar refractivity (Wildman–Crippen MR) is 71.2 cm³/mol. The summed E-state index contributed by atoms with van der Waals surface area (Å²) in [5.74, 6) is 0.0816. The van der Waals surface area contributed by atoms with E-state index in [0.29, 0.717) is 6.61 Å². The highest BCUT2D eigenvalue weighted by molar-refractivity contribution is 7.17. The van der Waals surface area contributed by atoms with E-state index in [0.717, 1.165) is 22.2 Å². The Morgan fingerprint density at radius 1 is 1.53 bits per heavy atom. The highest BCUT2D eigenvalue weighted by atomic mass is 32.1. The molecule has 0 aromatic carbocycles. The summed E-state index contributed by atoms with van der Waals surface area (Å²) in [6.07, 6.45) is 0.245. The van der Waals surface area contributed by atoms with Gasteiger partial charge in [-0.2, -0.15) is 0 Å². The Morgan fingerprint density at radius 3 is 2.65 bits per heavy atom. The van der Waals surface area contributed by atoms with E-state index in [2.05, 4.69) is 4.98 Å².